The fraction of sp³-hybridized carbons (Fsp3) is 0.385. The molecule has 110 valence electrons. The van der Waals surface area contributed by atoms with Crippen molar-refractivity contribution in [3.8, 4) is 0 Å². The van der Waals surface area contributed by atoms with Crippen molar-refractivity contribution in [3.05, 3.63) is 23.8 Å². The van der Waals surface area contributed by atoms with Gasteiger partial charge in [0.25, 0.3) is 6.09 Å². The van der Waals surface area contributed by atoms with Crippen LogP contribution in [0.5, 0.6) is 0 Å². The first kappa shape index (κ1) is 16.9. The number of carbonyl (C=O) groups excluding carboxylic acids is 2. The second-order valence-electron chi connectivity index (χ2n) is 4.60. The molecule has 0 aromatic heterocycles. The zero-order chi connectivity index (χ0) is 15.5. The van der Waals surface area contributed by atoms with Crippen LogP contribution in [0, 0.1) is 0 Å². The van der Waals surface area contributed by atoms with E-state index in [1.54, 1.807) is 18.2 Å². The molecule has 1 amide bonds. The van der Waals surface area contributed by atoms with E-state index >= 15 is 0 Å². The zero-order valence-corrected chi connectivity index (χ0v) is 13.5. The Labute approximate surface area is 128 Å². The number of benzene rings is 1. The first-order valence-corrected chi connectivity index (χ1v) is 7.14. The number of rotatable bonds is 2. The molecule has 7 heteroatoms. The molecule has 0 aliphatic rings. The normalized spacial score (nSPS) is 13.9. The summed E-state index contributed by atoms with van der Waals surface area (Å²) in [6.07, 6.45) is -1.40. The molecule has 0 bridgehead atoms. The van der Waals surface area contributed by atoms with Gasteiger partial charge < -0.3 is 14.6 Å². The molecule has 0 aliphatic heterocycles. The SMILES string of the molecule is COC(=O)S[N+](C)(C(=O)[O-])c1cccc(S)c1C(C)C. The molecule has 0 spiro atoms. The lowest BCUT2D eigenvalue weighted by Crippen LogP contribution is -2.53. The minimum Gasteiger partial charge on any atom is -0.497 e. The van der Waals surface area contributed by atoms with Crippen LogP contribution in [0.15, 0.2) is 23.1 Å². The lowest BCUT2D eigenvalue weighted by Gasteiger charge is -2.31. The van der Waals surface area contributed by atoms with E-state index in [9.17, 15) is 14.7 Å². The molecule has 0 saturated heterocycles. The molecular formula is C13H17NO4S2. The average Bonchev–Trinajstić information content (AvgIpc) is 2.37. The number of thiol groups is 1. The summed E-state index contributed by atoms with van der Waals surface area (Å²) in [4.78, 5) is 23.7. The number of hydrogen-bond donors (Lipinski definition) is 1. The highest BCUT2D eigenvalue weighted by atomic mass is 32.2. The zero-order valence-electron chi connectivity index (χ0n) is 11.7. The van der Waals surface area contributed by atoms with E-state index in [0.29, 0.717) is 22.5 Å². The molecule has 0 N–H and O–H groups in total. The maximum atomic E-state index is 11.6. The minimum atomic E-state index is -1.40. The van der Waals surface area contributed by atoms with Gasteiger partial charge in [0.05, 0.1) is 14.2 Å². The van der Waals surface area contributed by atoms with Crippen LogP contribution in [0.3, 0.4) is 0 Å². The van der Waals surface area contributed by atoms with Crippen molar-refractivity contribution in [1.29, 1.82) is 0 Å². The summed E-state index contributed by atoms with van der Waals surface area (Å²) in [5.41, 5.74) is 1.21. The van der Waals surface area contributed by atoms with E-state index in [2.05, 4.69) is 17.4 Å². The lowest BCUT2D eigenvalue weighted by molar-refractivity contribution is -0.256. The number of nitrogens with zero attached hydrogens (tertiary/aromatic N) is 1. The Bertz CT molecular complexity index is 533. The van der Waals surface area contributed by atoms with Crippen molar-refractivity contribution in [2.75, 3.05) is 14.2 Å². The van der Waals surface area contributed by atoms with Gasteiger partial charge in [-0.15, -0.1) is 12.6 Å². The maximum absolute atomic E-state index is 11.6. The van der Waals surface area contributed by atoms with Crippen molar-refractivity contribution in [2.24, 2.45) is 0 Å². The molecule has 0 fully saturated rings. The molecule has 0 radical (unpaired) electrons. The Morgan fingerprint density at radius 2 is 2.00 bits per heavy atom. The van der Waals surface area contributed by atoms with Gasteiger partial charge in [-0.2, -0.15) is 3.89 Å². The fourth-order valence-corrected chi connectivity index (χ4v) is 3.04. The summed E-state index contributed by atoms with van der Waals surface area (Å²) < 4.78 is 3.79. The van der Waals surface area contributed by atoms with Crippen LogP contribution in [0.25, 0.3) is 0 Å². The highest BCUT2D eigenvalue weighted by Gasteiger charge is 2.37. The second kappa shape index (κ2) is 6.51. The molecule has 1 unspecified atom stereocenters. The summed E-state index contributed by atoms with van der Waals surface area (Å²) in [5.74, 6) is 0.0498. The van der Waals surface area contributed by atoms with Crippen LogP contribution in [0.1, 0.15) is 25.3 Å². The van der Waals surface area contributed by atoms with Gasteiger partial charge in [0.15, 0.2) is 5.69 Å². The van der Waals surface area contributed by atoms with Crippen molar-refractivity contribution in [2.45, 2.75) is 24.7 Å². The third-order valence-corrected chi connectivity index (χ3v) is 4.29. The highest BCUT2D eigenvalue weighted by Crippen LogP contribution is 2.40. The van der Waals surface area contributed by atoms with E-state index in [-0.39, 0.29) is 5.92 Å². The van der Waals surface area contributed by atoms with Crippen LogP contribution < -0.4 is 8.99 Å². The summed E-state index contributed by atoms with van der Waals surface area (Å²) in [5, 5.41) is 10.9. The summed E-state index contributed by atoms with van der Waals surface area (Å²) in [7, 11) is 2.58. The van der Waals surface area contributed by atoms with Gasteiger partial charge in [0.2, 0.25) is 11.9 Å². The molecule has 1 aromatic carbocycles. The van der Waals surface area contributed by atoms with Gasteiger partial charge in [-0.1, -0.05) is 19.9 Å². The Morgan fingerprint density at radius 3 is 2.45 bits per heavy atom. The smallest absolute Gasteiger partial charge is 0.425 e. The van der Waals surface area contributed by atoms with Crippen molar-refractivity contribution in [1.82, 2.24) is 3.89 Å². The fourth-order valence-electron chi connectivity index (χ4n) is 1.88. The Balaban J connectivity index is 3.47. The molecule has 5 nitrogen and oxygen atoms in total. The summed E-state index contributed by atoms with van der Waals surface area (Å²) in [6.45, 7) is 3.86. The first-order valence-electron chi connectivity index (χ1n) is 5.92. The quantitative estimate of drug-likeness (QED) is 0.393. The number of carboxylic acid groups (broad SMARTS) is 1. The molecule has 1 aromatic rings. The first-order chi connectivity index (χ1) is 9.24. The van der Waals surface area contributed by atoms with Crippen LogP contribution in [-0.2, 0) is 4.74 Å². The Kier molecular flexibility index (Phi) is 5.50. The van der Waals surface area contributed by atoms with E-state index < -0.39 is 15.3 Å². The molecule has 1 rings (SSSR count). The third-order valence-electron chi connectivity index (χ3n) is 2.87. The molecule has 0 saturated carbocycles. The van der Waals surface area contributed by atoms with Gasteiger partial charge in [-0.3, -0.25) is 0 Å². The number of quaternary nitrogens is 1. The van der Waals surface area contributed by atoms with Gasteiger partial charge in [0, 0.05) is 16.5 Å². The van der Waals surface area contributed by atoms with Gasteiger partial charge in [-0.25, -0.2) is 4.79 Å². The number of carbonyl (C=O) groups is 2. The Hall–Kier alpha value is -1.18. The topological polar surface area (TPSA) is 66.4 Å². The average molecular weight is 315 g/mol. The maximum Gasteiger partial charge on any atom is 0.425 e. The van der Waals surface area contributed by atoms with E-state index in [4.69, 9.17) is 0 Å². The van der Waals surface area contributed by atoms with Gasteiger partial charge in [0.1, 0.15) is 0 Å². The lowest BCUT2D eigenvalue weighted by atomic mass is 10.0. The summed E-state index contributed by atoms with van der Waals surface area (Å²) in [6, 6.07) is 5.13. The van der Waals surface area contributed by atoms with E-state index in [1.807, 2.05) is 13.8 Å². The van der Waals surface area contributed by atoms with Crippen LogP contribution in [0.4, 0.5) is 15.3 Å². The molecule has 1 atom stereocenters. The Morgan fingerprint density at radius 1 is 1.40 bits per heavy atom. The molecule has 0 heterocycles. The molecular weight excluding hydrogens is 298 g/mol. The number of amides is 1. The molecule has 0 aliphatic carbocycles. The van der Waals surface area contributed by atoms with Crippen LogP contribution >= 0.6 is 24.6 Å². The predicted molar refractivity (Wildman–Crippen MR) is 80.9 cm³/mol. The van der Waals surface area contributed by atoms with Crippen molar-refractivity contribution >= 4 is 41.7 Å². The number of hydrogen-bond acceptors (Lipinski definition) is 6. The number of ether oxygens (including phenoxy) is 1. The molecule has 20 heavy (non-hydrogen) atoms. The van der Waals surface area contributed by atoms with E-state index in [0.717, 1.165) is 5.56 Å². The monoisotopic (exact) mass is 315 g/mol. The van der Waals surface area contributed by atoms with Gasteiger partial charge in [-0.05, 0) is 12.0 Å². The highest BCUT2D eigenvalue weighted by molar-refractivity contribution is 8.13. The summed E-state index contributed by atoms with van der Waals surface area (Å²) >= 11 is 4.90. The van der Waals surface area contributed by atoms with Crippen molar-refractivity contribution in [3.63, 3.8) is 0 Å². The largest absolute Gasteiger partial charge is 0.497 e. The van der Waals surface area contributed by atoms with Crippen LogP contribution in [0.2, 0.25) is 0 Å². The second-order valence-corrected chi connectivity index (χ2v) is 6.33. The third kappa shape index (κ3) is 3.28. The van der Waals surface area contributed by atoms with Crippen molar-refractivity contribution < 1.29 is 19.4 Å². The van der Waals surface area contributed by atoms with Crippen LogP contribution in [-0.4, -0.2) is 25.6 Å². The predicted octanol–water partition coefficient (Wildman–Crippen LogP) is 2.79. The number of methoxy groups -OCH3 is 1. The standard InChI is InChI=1S/C13H17NO4S2/c1-8(2)11-9(6-5-7-10(11)19)14(3,12(15)16)20-13(17)18-4/h5-8H,1-4H3,(H-,15,16,19). The van der Waals surface area contributed by atoms with Gasteiger partial charge >= 0.3 is 5.30 Å². The minimum absolute atomic E-state index is 0.0498. The van der Waals surface area contributed by atoms with E-state index in [1.165, 1.54) is 14.2 Å².